The van der Waals surface area contributed by atoms with Crippen LogP contribution in [0, 0.1) is 10.1 Å². The van der Waals surface area contributed by atoms with E-state index in [1.807, 2.05) is 0 Å². The van der Waals surface area contributed by atoms with Crippen molar-refractivity contribution in [1.82, 2.24) is 10.3 Å². The van der Waals surface area contributed by atoms with E-state index >= 15 is 0 Å². The molecule has 0 radical (unpaired) electrons. The molecule has 0 bridgehead atoms. The minimum absolute atomic E-state index is 0.00797. The largest absolute Gasteiger partial charge is 0.481 e. The van der Waals surface area contributed by atoms with Crippen molar-refractivity contribution in [2.24, 2.45) is 0 Å². The summed E-state index contributed by atoms with van der Waals surface area (Å²) in [4.78, 5) is 49.6. The molecule has 2 aromatic rings. The molecule has 1 aromatic carbocycles. The van der Waals surface area contributed by atoms with Crippen LogP contribution in [0.4, 0.5) is 10.1 Å². The van der Waals surface area contributed by atoms with Crippen LogP contribution in [0.25, 0.3) is 0 Å². The third-order valence-corrected chi connectivity index (χ3v) is 4.09. The SMILES string of the molecule is CCNC(=O)c1cccc(C(=O)Nc2ncc([N+](=O)[O-])s2)c1CC(=O)O. The first-order chi connectivity index (χ1) is 12.3. The van der Waals surface area contributed by atoms with Gasteiger partial charge in [0.2, 0.25) is 0 Å². The highest BCUT2D eigenvalue weighted by molar-refractivity contribution is 7.18. The fraction of sp³-hybridized carbons (Fsp3) is 0.200. The van der Waals surface area contributed by atoms with Crippen molar-refractivity contribution >= 4 is 39.3 Å². The minimum atomic E-state index is -1.21. The van der Waals surface area contributed by atoms with E-state index in [1.165, 1.54) is 18.2 Å². The summed E-state index contributed by atoms with van der Waals surface area (Å²) in [5, 5.41) is 24.5. The van der Waals surface area contributed by atoms with Gasteiger partial charge >= 0.3 is 11.0 Å². The average molecular weight is 378 g/mol. The monoisotopic (exact) mass is 378 g/mol. The van der Waals surface area contributed by atoms with Crippen LogP contribution in [0.1, 0.15) is 33.2 Å². The van der Waals surface area contributed by atoms with Gasteiger partial charge in [0.25, 0.3) is 11.8 Å². The van der Waals surface area contributed by atoms with Gasteiger partial charge in [0, 0.05) is 17.7 Å². The van der Waals surface area contributed by atoms with E-state index in [2.05, 4.69) is 15.6 Å². The highest BCUT2D eigenvalue weighted by Gasteiger charge is 2.22. The van der Waals surface area contributed by atoms with Crippen molar-refractivity contribution in [1.29, 1.82) is 0 Å². The number of nitrogens with one attached hydrogen (secondary N) is 2. The van der Waals surface area contributed by atoms with Crippen LogP contribution in [0.3, 0.4) is 0 Å². The minimum Gasteiger partial charge on any atom is -0.481 e. The van der Waals surface area contributed by atoms with Gasteiger partial charge in [0.1, 0.15) is 6.20 Å². The molecule has 0 saturated carbocycles. The van der Waals surface area contributed by atoms with Crippen LogP contribution in [-0.2, 0) is 11.2 Å². The molecule has 0 atom stereocenters. The van der Waals surface area contributed by atoms with Crippen molar-refractivity contribution < 1.29 is 24.4 Å². The number of carboxylic acids is 1. The number of carbonyl (C=O) groups is 3. The van der Waals surface area contributed by atoms with Gasteiger partial charge in [-0.3, -0.25) is 29.8 Å². The first-order valence-electron chi connectivity index (χ1n) is 7.37. The first-order valence-corrected chi connectivity index (χ1v) is 8.18. The highest BCUT2D eigenvalue weighted by Crippen LogP contribution is 2.26. The molecule has 0 spiro atoms. The highest BCUT2D eigenvalue weighted by atomic mass is 32.1. The number of nitrogens with zero attached hydrogens (tertiary/aromatic N) is 2. The van der Waals surface area contributed by atoms with Crippen molar-refractivity contribution in [3.05, 3.63) is 51.2 Å². The molecular formula is C15H14N4O6S. The number of aliphatic carboxylic acids is 1. The molecule has 11 heteroatoms. The van der Waals surface area contributed by atoms with E-state index in [0.29, 0.717) is 17.9 Å². The summed E-state index contributed by atoms with van der Waals surface area (Å²) in [5.41, 5.74) is 0.107. The lowest BCUT2D eigenvalue weighted by molar-refractivity contribution is -0.380. The number of carbonyl (C=O) groups excluding carboxylic acids is 2. The Balaban J connectivity index is 2.37. The van der Waals surface area contributed by atoms with E-state index in [4.69, 9.17) is 5.11 Å². The molecule has 0 fully saturated rings. The van der Waals surface area contributed by atoms with Crippen LogP contribution in [0.2, 0.25) is 0 Å². The Hall–Kier alpha value is -3.34. The Morgan fingerprint density at radius 2 is 1.92 bits per heavy atom. The molecular weight excluding hydrogens is 364 g/mol. The molecule has 0 aliphatic carbocycles. The number of rotatable bonds is 7. The van der Waals surface area contributed by atoms with Crippen LogP contribution in [0.5, 0.6) is 0 Å². The van der Waals surface area contributed by atoms with Crippen LogP contribution >= 0.6 is 11.3 Å². The molecule has 2 amide bonds. The fourth-order valence-corrected chi connectivity index (χ4v) is 2.81. The van der Waals surface area contributed by atoms with Gasteiger partial charge in [-0.1, -0.05) is 6.07 Å². The van der Waals surface area contributed by atoms with Crippen molar-refractivity contribution in [2.75, 3.05) is 11.9 Å². The molecule has 26 heavy (non-hydrogen) atoms. The third-order valence-electron chi connectivity index (χ3n) is 3.22. The zero-order valence-electron chi connectivity index (χ0n) is 13.5. The number of aromatic nitrogens is 1. The maximum Gasteiger partial charge on any atom is 0.345 e. The van der Waals surface area contributed by atoms with Crippen LogP contribution in [0.15, 0.2) is 24.4 Å². The van der Waals surface area contributed by atoms with Crippen molar-refractivity contribution in [3.8, 4) is 0 Å². The third kappa shape index (κ3) is 4.39. The Kier molecular flexibility index (Phi) is 5.96. The number of hydrogen-bond donors (Lipinski definition) is 3. The molecule has 0 aliphatic heterocycles. The van der Waals surface area contributed by atoms with E-state index in [9.17, 15) is 24.5 Å². The van der Waals surface area contributed by atoms with E-state index in [-0.39, 0.29) is 26.8 Å². The number of anilines is 1. The molecule has 0 aliphatic rings. The standard InChI is InChI=1S/C15H14N4O6S/c1-2-16-13(22)8-4-3-5-9(10(8)6-12(20)21)14(23)18-15-17-7-11(26-15)19(24)25/h3-5,7H,2,6H2,1H3,(H,16,22)(H,20,21)(H,17,18,23). The van der Waals surface area contributed by atoms with Gasteiger partial charge in [-0.25, -0.2) is 4.98 Å². The molecule has 0 unspecified atom stereocenters. The van der Waals surface area contributed by atoms with Gasteiger partial charge in [-0.15, -0.1) is 0 Å². The number of carboxylic acid groups (broad SMARTS) is 1. The molecule has 0 saturated heterocycles. The molecule has 2 rings (SSSR count). The Morgan fingerprint density at radius 3 is 2.46 bits per heavy atom. The summed E-state index contributed by atoms with van der Waals surface area (Å²) >= 11 is 0.665. The molecule has 10 nitrogen and oxygen atoms in total. The zero-order valence-corrected chi connectivity index (χ0v) is 14.3. The summed E-state index contributed by atoms with van der Waals surface area (Å²) in [6, 6.07) is 4.25. The quantitative estimate of drug-likeness (QED) is 0.489. The van der Waals surface area contributed by atoms with E-state index in [1.54, 1.807) is 6.92 Å². The summed E-state index contributed by atoms with van der Waals surface area (Å²) in [5.74, 6) is -2.42. The lowest BCUT2D eigenvalue weighted by atomic mass is 9.97. The van der Waals surface area contributed by atoms with Gasteiger partial charge in [0.05, 0.1) is 11.3 Å². The summed E-state index contributed by atoms with van der Waals surface area (Å²) < 4.78 is 0. The summed E-state index contributed by atoms with van der Waals surface area (Å²) in [6.07, 6.45) is 0.470. The first kappa shape index (κ1) is 19.0. The Bertz CT molecular complexity index is 879. The van der Waals surface area contributed by atoms with Gasteiger partial charge < -0.3 is 10.4 Å². The smallest absolute Gasteiger partial charge is 0.345 e. The van der Waals surface area contributed by atoms with Gasteiger partial charge in [-0.05, 0) is 36.0 Å². The maximum absolute atomic E-state index is 12.5. The van der Waals surface area contributed by atoms with Gasteiger partial charge in [0.15, 0.2) is 5.13 Å². The number of hydrogen-bond acceptors (Lipinski definition) is 7. The van der Waals surface area contributed by atoms with Gasteiger partial charge in [-0.2, -0.15) is 0 Å². The molecule has 1 aromatic heterocycles. The van der Waals surface area contributed by atoms with E-state index < -0.39 is 29.1 Å². The molecule has 136 valence electrons. The Labute approximate surface area is 151 Å². The maximum atomic E-state index is 12.5. The molecule has 1 heterocycles. The second-order valence-corrected chi connectivity index (χ2v) is 5.99. The predicted octanol–water partition coefficient (Wildman–Crippen LogP) is 1.68. The summed E-state index contributed by atoms with van der Waals surface area (Å²) in [6.45, 7) is 2.05. The number of thiazole rings is 1. The fourth-order valence-electron chi connectivity index (χ4n) is 2.18. The van der Waals surface area contributed by atoms with Crippen molar-refractivity contribution in [3.63, 3.8) is 0 Å². The zero-order chi connectivity index (χ0) is 19.3. The summed E-state index contributed by atoms with van der Waals surface area (Å²) in [7, 11) is 0. The van der Waals surface area contributed by atoms with Crippen molar-refractivity contribution in [2.45, 2.75) is 13.3 Å². The lowest BCUT2D eigenvalue weighted by Crippen LogP contribution is -2.26. The van der Waals surface area contributed by atoms with Crippen LogP contribution < -0.4 is 10.6 Å². The Morgan fingerprint density at radius 1 is 1.27 bits per heavy atom. The lowest BCUT2D eigenvalue weighted by Gasteiger charge is -2.12. The molecule has 3 N–H and O–H groups in total. The number of benzene rings is 1. The average Bonchev–Trinajstić information content (AvgIpc) is 3.03. The second-order valence-electron chi connectivity index (χ2n) is 4.98. The topological polar surface area (TPSA) is 152 Å². The normalized spacial score (nSPS) is 10.2. The number of amides is 2. The second kappa shape index (κ2) is 8.16. The number of nitro groups is 1. The van der Waals surface area contributed by atoms with Crippen LogP contribution in [-0.4, -0.2) is 39.3 Å². The van der Waals surface area contributed by atoms with E-state index in [0.717, 1.165) is 6.20 Å². The predicted molar refractivity (Wildman–Crippen MR) is 92.5 cm³/mol.